The van der Waals surface area contributed by atoms with Crippen LogP contribution in [0.15, 0.2) is 36.5 Å². The fourth-order valence-electron chi connectivity index (χ4n) is 2.43. The molecule has 7 heteroatoms. The van der Waals surface area contributed by atoms with Gasteiger partial charge in [-0.1, -0.05) is 32.0 Å². The first-order valence-corrected chi connectivity index (χ1v) is 8.04. The van der Waals surface area contributed by atoms with Crippen LogP contribution in [0, 0.1) is 5.92 Å². The summed E-state index contributed by atoms with van der Waals surface area (Å²) in [6.45, 7) is 3.93. The van der Waals surface area contributed by atoms with Gasteiger partial charge in [-0.15, -0.1) is 0 Å². The maximum absolute atomic E-state index is 12.6. The van der Waals surface area contributed by atoms with E-state index in [0.29, 0.717) is 12.2 Å². The third kappa shape index (κ3) is 4.59. The molecule has 0 aliphatic heterocycles. The zero-order chi connectivity index (χ0) is 18.4. The molecule has 1 unspecified atom stereocenters. The van der Waals surface area contributed by atoms with Gasteiger partial charge in [-0.05, 0) is 24.5 Å². The molecule has 1 aromatic carbocycles. The van der Waals surface area contributed by atoms with Gasteiger partial charge in [0.05, 0.1) is 26.1 Å². The molecule has 1 atom stereocenters. The predicted octanol–water partition coefficient (Wildman–Crippen LogP) is 2.20. The molecule has 0 spiro atoms. The molecule has 7 nitrogen and oxygen atoms in total. The molecular formula is C18H23N3O4. The van der Waals surface area contributed by atoms with Gasteiger partial charge in [0, 0.05) is 0 Å². The van der Waals surface area contributed by atoms with Crippen molar-refractivity contribution in [1.29, 1.82) is 0 Å². The topological polar surface area (TPSA) is 82.5 Å². The van der Waals surface area contributed by atoms with Gasteiger partial charge >= 0.3 is 5.97 Å². The van der Waals surface area contributed by atoms with Crippen molar-refractivity contribution in [2.45, 2.75) is 26.3 Å². The number of ether oxygens (including phenoxy) is 2. The summed E-state index contributed by atoms with van der Waals surface area (Å²) in [5.74, 6) is -0.422. The highest BCUT2D eigenvalue weighted by molar-refractivity contribution is 5.97. The third-order valence-electron chi connectivity index (χ3n) is 3.63. The van der Waals surface area contributed by atoms with Crippen molar-refractivity contribution in [3.63, 3.8) is 0 Å². The van der Waals surface area contributed by atoms with E-state index in [4.69, 9.17) is 9.47 Å². The maximum atomic E-state index is 12.6. The second-order valence-electron chi connectivity index (χ2n) is 6.00. The number of methoxy groups -OCH3 is 2. The number of benzene rings is 1. The van der Waals surface area contributed by atoms with Crippen LogP contribution in [-0.2, 0) is 9.53 Å². The number of nitrogens with one attached hydrogen (secondary N) is 1. The van der Waals surface area contributed by atoms with Crippen LogP contribution in [0.5, 0.6) is 5.75 Å². The first-order chi connectivity index (χ1) is 12.0. The Morgan fingerprint density at radius 3 is 2.44 bits per heavy atom. The van der Waals surface area contributed by atoms with Crippen LogP contribution in [0.4, 0.5) is 0 Å². The quantitative estimate of drug-likeness (QED) is 0.778. The molecule has 0 saturated heterocycles. The molecule has 1 N–H and O–H groups in total. The number of para-hydroxylation sites is 1. The van der Waals surface area contributed by atoms with E-state index >= 15 is 0 Å². The maximum Gasteiger partial charge on any atom is 0.328 e. The number of aromatic nitrogens is 2. The van der Waals surface area contributed by atoms with Gasteiger partial charge < -0.3 is 14.8 Å². The largest absolute Gasteiger partial charge is 0.493 e. The minimum absolute atomic E-state index is 0.115. The predicted molar refractivity (Wildman–Crippen MR) is 92.8 cm³/mol. The molecule has 0 fully saturated rings. The summed E-state index contributed by atoms with van der Waals surface area (Å²) in [6.07, 6.45) is 2.10. The molecule has 0 radical (unpaired) electrons. The van der Waals surface area contributed by atoms with E-state index in [0.717, 1.165) is 5.69 Å². The first kappa shape index (κ1) is 18.5. The molecule has 25 heavy (non-hydrogen) atoms. The normalized spacial score (nSPS) is 11.9. The Balaban J connectivity index is 2.25. The molecule has 0 aliphatic carbocycles. The van der Waals surface area contributed by atoms with Gasteiger partial charge in [-0.2, -0.15) is 5.10 Å². The van der Waals surface area contributed by atoms with Crippen molar-refractivity contribution in [1.82, 2.24) is 15.1 Å². The van der Waals surface area contributed by atoms with Crippen LogP contribution < -0.4 is 10.1 Å². The molecule has 1 aromatic heterocycles. The Bertz CT molecular complexity index is 725. The molecule has 1 heterocycles. The lowest BCUT2D eigenvalue weighted by Gasteiger charge is -2.17. The molecule has 0 saturated carbocycles. The summed E-state index contributed by atoms with van der Waals surface area (Å²) >= 11 is 0. The van der Waals surface area contributed by atoms with Gasteiger partial charge in [0.1, 0.15) is 6.04 Å². The second kappa shape index (κ2) is 8.32. The summed E-state index contributed by atoms with van der Waals surface area (Å²) in [5, 5.41) is 6.98. The fraction of sp³-hybridized carbons (Fsp3) is 0.389. The van der Waals surface area contributed by atoms with Gasteiger partial charge in [-0.3, -0.25) is 4.79 Å². The van der Waals surface area contributed by atoms with Crippen LogP contribution in [0.3, 0.4) is 0 Å². The fourth-order valence-corrected chi connectivity index (χ4v) is 2.43. The lowest BCUT2D eigenvalue weighted by molar-refractivity contribution is -0.143. The monoisotopic (exact) mass is 345 g/mol. The molecule has 2 aromatic rings. The van der Waals surface area contributed by atoms with Crippen molar-refractivity contribution in [3.05, 3.63) is 42.2 Å². The van der Waals surface area contributed by atoms with E-state index in [1.54, 1.807) is 10.9 Å². The highest BCUT2D eigenvalue weighted by Crippen LogP contribution is 2.20. The highest BCUT2D eigenvalue weighted by atomic mass is 16.5. The van der Waals surface area contributed by atoms with Crippen molar-refractivity contribution in [2.75, 3.05) is 14.2 Å². The Morgan fingerprint density at radius 2 is 1.88 bits per heavy atom. The van der Waals surface area contributed by atoms with Crippen LogP contribution in [-0.4, -0.2) is 41.9 Å². The van der Waals surface area contributed by atoms with Gasteiger partial charge in [0.25, 0.3) is 5.91 Å². The third-order valence-corrected chi connectivity index (χ3v) is 3.63. The van der Waals surface area contributed by atoms with Crippen LogP contribution in [0.2, 0.25) is 0 Å². The minimum atomic E-state index is -0.732. The van der Waals surface area contributed by atoms with Crippen molar-refractivity contribution in [3.8, 4) is 11.4 Å². The van der Waals surface area contributed by atoms with E-state index in [1.807, 2.05) is 44.2 Å². The Labute approximate surface area is 146 Å². The molecule has 2 rings (SSSR count). The van der Waals surface area contributed by atoms with E-state index in [2.05, 4.69) is 10.4 Å². The first-order valence-electron chi connectivity index (χ1n) is 8.04. The Kier molecular flexibility index (Phi) is 6.16. The zero-order valence-electron chi connectivity index (χ0n) is 14.9. The second-order valence-corrected chi connectivity index (χ2v) is 6.00. The molecule has 0 bridgehead atoms. The zero-order valence-corrected chi connectivity index (χ0v) is 14.9. The van der Waals surface area contributed by atoms with Crippen LogP contribution >= 0.6 is 0 Å². The Hall–Kier alpha value is -2.83. The van der Waals surface area contributed by atoms with Gasteiger partial charge in [0.15, 0.2) is 11.4 Å². The number of nitrogens with zero attached hydrogens (tertiary/aromatic N) is 2. The minimum Gasteiger partial charge on any atom is -0.493 e. The standard InChI is InChI=1S/C18H23N3O4/c1-12(2)10-14(18(23)25-4)19-17(22)16-15(24-3)11-21(20-16)13-8-6-5-7-9-13/h5-9,11-12,14H,10H2,1-4H3,(H,19,22). The molecule has 0 aliphatic rings. The lowest BCUT2D eigenvalue weighted by atomic mass is 10.0. The summed E-state index contributed by atoms with van der Waals surface area (Å²) in [6, 6.07) is 8.64. The molecule has 134 valence electrons. The van der Waals surface area contributed by atoms with E-state index in [1.165, 1.54) is 14.2 Å². The van der Waals surface area contributed by atoms with Crippen LogP contribution in [0.1, 0.15) is 30.8 Å². The summed E-state index contributed by atoms with van der Waals surface area (Å²) in [4.78, 5) is 24.5. The molecular weight excluding hydrogens is 322 g/mol. The average Bonchev–Trinajstić information content (AvgIpc) is 3.05. The highest BCUT2D eigenvalue weighted by Gasteiger charge is 2.26. The van der Waals surface area contributed by atoms with Crippen LogP contribution in [0.25, 0.3) is 5.69 Å². The summed E-state index contributed by atoms with van der Waals surface area (Å²) < 4.78 is 11.6. The van der Waals surface area contributed by atoms with E-state index < -0.39 is 17.9 Å². The number of hydrogen-bond donors (Lipinski definition) is 1. The number of carbonyl (C=O) groups excluding carboxylic acids is 2. The Morgan fingerprint density at radius 1 is 1.20 bits per heavy atom. The average molecular weight is 345 g/mol. The van der Waals surface area contributed by atoms with Gasteiger partial charge in [-0.25, -0.2) is 9.48 Å². The van der Waals surface area contributed by atoms with E-state index in [-0.39, 0.29) is 11.6 Å². The van der Waals surface area contributed by atoms with Crippen molar-refractivity contribution in [2.24, 2.45) is 5.92 Å². The smallest absolute Gasteiger partial charge is 0.328 e. The summed E-state index contributed by atoms with van der Waals surface area (Å²) in [5.41, 5.74) is 0.913. The van der Waals surface area contributed by atoms with E-state index in [9.17, 15) is 9.59 Å². The number of esters is 1. The van der Waals surface area contributed by atoms with Gasteiger partial charge in [0.2, 0.25) is 0 Å². The lowest BCUT2D eigenvalue weighted by Crippen LogP contribution is -2.42. The number of rotatable bonds is 7. The number of amides is 1. The number of hydrogen-bond acceptors (Lipinski definition) is 5. The molecule has 1 amide bonds. The SMILES string of the molecule is COC(=O)C(CC(C)C)NC(=O)c1nn(-c2ccccc2)cc1OC. The van der Waals surface area contributed by atoms with Crippen molar-refractivity contribution >= 4 is 11.9 Å². The van der Waals surface area contributed by atoms with Crippen molar-refractivity contribution < 1.29 is 19.1 Å². The number of carbonyl (C=O) groups is 2. The summed E-state index contributed by atoms with van der Waals surface area (Å²) in [7, 11) is 2.77.